The molecule has 0 saturated heterocycles. The van der Waals surface area contributed by atoms with E-state index in [0.717, 1.165) is 19.3 Å². The number of halogens is 1. The highest BCUT2D eigenvalue weighted by Crippen LogP contribution is 2.44. The van der Waals surface area contributed by atoms with Crippen LogP contribution in [0.5, 0.6) is 5.75 Å². The Morgan fingerprint density at radius 3 is 2.53 bits per heavy atom. The number of nitriles is 1. The molecule has 0 aromatic heterocycles. The Labute approximate surface area is 88.0 Å². The van der Waals surface area contributed by atoms with Gasteiger partial charge in [0.25, 0.3) is 0 Å². The number of benzene rings is 1. The van der Waals surface area contributed by atoms with Gasteiger partial charge in [-0.15, -0.1) is 0 Å². The highest BCUT2D eigenvalue weighted by molar-refractivity contribution is 5.44. The van der Waals surface area contributed by atoms with Crippen molar-refractivity contribution < 1.29 is 9.50 Å². The summed E-state index contributed by atoms with van der Waals surface area (Å²) in [6.45, 7) is 1.52. The fourth-order valence-electron chi connectivity index (χ4n) is 1.94. The van der Waals surface area contributed by atoms with Gasteiger partial charge in [-0.3, -0.25) is 0 Å². The summed E-state index contributed by atoms with van der Waals surface area (Å²) in [5.74, 6) is -0.502. The lowest BCUT2D eigenvalue weighted by molar-refractivity contribution is 0.321. The first kappa shape index (κ1) is 9.97. The average molecular weight is 205 g/mol. The molecule has 78 valence electrons. The highest BCUT2D eigenvalue weighted by atomic mass is 19.1. The summed E-state index contributed by atoms with van der Waals surface area (Å²) in [6.07, 6.45) is 2.50. The predicted molar refractivity (Wildman–Crippen MR) is 53.9 cm³/mol. The van der Waals surface area contributed by atoms with E-state index < -0.39 is 11.2 Å². The van der Waals surface area contributed by atoms with Crippen molar-refractivity contribution in [3.8, 4) is 11.8 Å². The molecular formula is C12H12FNO. The first-order chi connectivity index (χ1) is 7.09. The Bertz CT molecular complexity index is 420. The van der Waals surface area contributed by atoms with Crippen LogP contribution in [0.2, 0.25) is 0 Å². The van der Waals surface area contributed by atoms with Crippen LogP contribution in [0.1, 0.15) is 30.4 Å². The number of rotatable bonds is 1. The van der Waals surface area contributed by atoms with Crippen molar-refractivity contribution in [2.24, 2.45) is 0 Å². The lowest BCUT2D eigenvalue weighted by atomic mass is 9.65. The molecule has 2 nitrogen and oxygen atoms in total. The molecule has 1 aromatic carbocycles. The van der Waals surface area contributed by atoms with Gasteiger partial charge in [0.1, 0.15) is 11.6 Å². The molecule has 0 bridgehead atoms. The Balaban J connectivity index is 2.51. The Kier molecular flexibility index (Phi) is 2.15. The first-order valence-corrected chi connectivity index (χ1v) is 5.00. The molecular weight excluding hydrogens is 193 g/mol. The Morgan fingerprint density at radius 1 is 1.47 bits per heavy atom. The number of nitrogens with zero attached hydrogens (tertiary/aromatic N) is 1. The molecule has 1 saturated carbocycles. The lowest BCUT2D eigenvalue weighted by Crippen LogP contribution is -2.32. The minimum atomic E-state index is -0.563. The molecule has 1 aliphatic carbocycles. The van der Waals surface area contributed by atoms with E-state index in [2.05, 4.69) is 6.07 Å². The Hall–Kier alpha value is -1.56. The third-order valence-corrected chi connectivity index (χ3v) is 3.29. The normalized spacial score (nSPS) is 17.9. The topological polar surface area (TPSA) is 44.0 Å². The third-order valence-electron chi connectivity index (χ3n) is 3.29. The number of phenols is 1. The number of aromatic hydroxyl groups is 1. The SMILES string of the molecule is Cc1c(O)cc(C2(C#N)CCC2)cc1F. The average Bonchev–Trinajstić information content (AvgIpc) is 2.13. The van der Waals surface area contributed by atoms with Gasteiger partial charge in [-0.2, -0.15) is 5.26 Å². The van der Waals surface area contributed by atoms with E-state index in [4.69, 9.17) is 5.26 Å². The Morgan fingerprint density at radius 2 is 2.13 bits per heavy atom. The van der Waals surface area contributed by atoms with Gasteiger partial charge >= 0.3 is 0 Å². The van der Waals surface area contributed by atoms with Gasteiger partial charge in [-0.1, -0.05) is 0 Å². The summed E-state index contributed by atoms with van der Waals surface area (Å²) in [7, 11) is 0. The van der Waals surface area contributed by atoms with Crippen LogP contribution in [0.15, 0.2) is 12.1 Å². The van der Waals surface area contributed by atoms with Crippen LogP contribution in [-0.2, 0) is 5.41 Å². The second-order valence-electron chi connectivity index (χ2n) is 4.15. The first-order valence-electron chi connectivity index (χ1n) is 5.00. The molecule has 0 heterocycles. The fraction of sp³-hybridized carbons (Fsp3) is 0.417. The van der Waals surface area contributed by atoms with Crippen molar-refractivity contribution in [2.45, 2.75) is 31.6 Å². The molecule has 1 fully saturated rings. The van der Waals surface area contributed by atoms with Crippen molar-refractivity contribution in [3.05, 3.63) is 29.1 Å². The van der Waals surface area contributed by atoms with Crippen LogP contribution < -0.4 is 0 Å². The third kappa shape index (κ3) is 1.37. The number of hydrogen-bond donors (Lipinski definition) is 1. The molecule has 0 unspecified atom stereocenters. The van der Waals surface area contributed by atoms with E-state index in [9.17, 15) is 9.50 Å². The predicted octanol–water partition coefficient (Wildman–Crippen LogP) is 2.79. The zero-order chi connectivity index (χ0) is 11.1. The molecule has 1 aromatic rings. The van der Waals surface area contributed by atoms with Crippen molar-refractivity contribution in [2.75, 3.05) is 0 Å². The second-order valence-corrected chi connectivity index (χ2v) is 4.15. The van der Waals surface area contributed by atoms with Crippen LogP contribution in [-0.4, -0.2) is 5.11 Å². The van der Waals surface area contributed by atoms with Crippen molar-refractivity contribution >= 4 is 0 Å². The highest BCUT2D eigenvalue weighted by Gasteiger charge is 2.39. The molecule has 0 spiro atoms. The smallest absolute Gasteiger partial charge is 0.130 e. The van der Waals surface area contributed by atoms with Crippen molar-refractivity contribution in [1.82, 2.24) is 0 Å². The maximum Gasteiger partial charge on any atom is 0.130 e. The fourth-order valence-corrected chi connectivity index (χ4v) is 1.94. The van der Waals surface area contributed by atoms with Crippen molar-refractivity contribution in [3.63, 3.8) is 0 Å². The summed E-state index contributed by atoms with van der Waals surface area (Å²) in [6, 6.07) is 5.11. The van der Waals surface area contributed by atoms with E-state index in [-0.39, 0.29) is 11.3 Å². The second kappa shape index (κ2) is 3.23. The molecule has 15 heavy (non-hydrogen) atoms. The monoisotopic (exact) mass is 205 g/mol. The molecule has 0 aliphatic heterocycles. The van der Waals surface area contributed by atoms with Gasteiger partial charge in [0.2, 0.25) is 0 Å². The van der Waals surface area contributed by atoms with Gasteiger partial charge in [0.15, 0.2) is 0 Å². The van der Waals surface area contributed by atoms with Gasteiger partial charge in [-0.25, -0.2) is 4.39 Å². The largest absolute Gasteiger partial charge is 0.508 e. The zero-order valence-electron chi connectivity index (χ0n) is 8.55. The van der Waals surface area contributed by atoms with E-state index >= 15 is 0 Å². The molecule has 1 aliphatic rings. The molecule has 0 atom stereocenters. The molecule has 2 rings (SSSR count). The van der Waals surface area contributed by atoms with Crippen LogP contribution in [0, 0.1) is 24.1 Å². The number of phenolic OH excluding ortho intramolecular Hbond substituents is 1. The van der Waals surface area contributed by atoms with Crippen LogP contribution in [0.4, 0.5) is 4.39 Å². The summed E-state index contributed by atoms with van der Waals surface area (Å²) in [5, 5.41) is 18.6. The maximum atomic E-state index is 13.4. The van der Waals surface area contributed by atoms with E-state index in [0.29, 0.717) is 5.56 Å². The molecule has 0 radical (unpaired) electrons. The lowest BCUT2D eigenvalue weighted by Gasteiger charge is -2.35. The summed E-state index contributed by atoms with van der Waals surface area (Å²) >= 11 is 0. The van der Waals surface area contributed by atoms with E-state index in [1.165, 1.54) is 19.1 Å². The van der Waals surface area contributed by atoms with Crippen LogP contribution in [0.3, 0.4) is 0 Å². The number of hydrogen-bond acceptors (Lipinski definition) is 2. The standard InChI is InChI=1S/C12H12FNO/c1-8-10(13)5-9(6-11(8)15)12(7-14)3-2-4-12/h5-6,15H,2-4H2,1H3. The zero-order valence-corrected chi connectivity index (χ0v) is 8.55. The van der Waals surface area contributed by atoms with Crippen molar-refractivity contribution in [1.29, 1.82) is 5.26 Å². The molecule has 0 amide bonds. The van der Waals surface area contributed by atoms with Crippen LogP contribution >= 0.6 is 0 Å². The van der Waals surface area contributed by atoms with E-state index in [1.807, 2.05) is 0 Å². The van der Waals surface area contributed by atoms with Gasteiger partial charge in [0.05, 0.1) is 11.5 Å². The minimum absolute atomic E-state index is 0.0634. The van der Waals surface area contributed by atoms with Crippen LogP contribution in [0.25, 0.3) is 0 Å². The summed E-state index contributed by atoms with van der Waals surface area (Å²) < 4.78 is 13.4. The van der Waals surface area contributed by atoms with Gasteiger partial charge in [0, 0.05) is 5.56 Å². The molecule has 3 heteroatoms. The minimum Gasteiger partial charge on any atom is -0.508 e. The van der Waals surface area contributed by atoms with E-state index in [1.54, 1.807) is 0 Å². The van der Waals surface area contributed by atoms with Gasteiger partial charge in [-0.05, 0) is 43.9 Å². The summed E-state index contributed by atoms with van der Waals surface area (Å²) in [5.41, 5.74) is 0.287. The summed E-state index contributed by atoms with van der Waals surface area (Å²) in [4.78, 5) is 0. The molecule has 1 N–H and O–H groups in total. The van der Waals surface area contributed by atoms with Gasteiger partial charge < -0.3 is 5.11 Å². The quantitative estimate of drug-likeness (QED) is 0.766. The maximum absolute atomic E-state index is 13.4.